The summed E-state index contributed by atoms with van der Waals surface area (Å²) >= 11 is 0. The van der Waals surface area contributed by atoms with E-state index in [1.54, 1.807) is 49.4 Å². The van der Waals surface area contributed by atoms with Crippen LogP contribution in [-0.2, 0) is 19.6 Å². The van der Waals surface area contributed by atoms with Crippen LogP contribution in [0.5, 0.6) is 11.5 Å². The predicted octanol–water partition coefficient (Wildman–Crippen LogP) is 3.01. The van der Waals surface area contributed by atoms with Gasteiger partial charge in [0.2, 0.25) is 0 Å². The van der Waals surface area contributed by atoms with Crippen molar-refractivity contribution >= 4 is 27.6 Å². The normalized spacial score (nSPS) is 14.5. The Bertz CT molecular complexity index is 1330. The molecule has 1 heterocycles. The van der Waals surface area contributed by atoms with Gasteiger partial charge < -0.3 is 19.5 Å². The Morgan fingerprint density at radius 3 is 2.47 bits per heavy atom. The van der Waals surface area contributed by atoms with Gasteiger partial charge in [0.25, 0.3) is 15.9 Å². The van der Waals surface area contributed by atoms with E-state index in [0.29, 0.717) is 17.2 Å². The lowest BCUT2D eigenvalue weighted by Gasteiger charge is -2.26. The van der Waals surface area contributed by atoms with Gasteiger partial charge in [-0.15, -0.1) is 0 Å². The number of esters is 1. The third kappa shape index (κ3) is 5.77. The van der Waals surface area contributed by atoms with Crippen molar-refractivity contribution in [1.82, 2.24) is 5.32 Å². The minimum absolute atomic E-state index is 0.0219. The van der Waals surface area contributed by atoms with Crippen molar-refractivity contribution in [1.29, 1.82) is 0 Å². The maximum Gasteiger partial charge on any atom is 0.338 e. The lowest BCUT2D eigenvalue weighted by atomic mass is 10.2. The number of hydrogen-bond donors (Lipinski definition) is 1. The molecule has 36 heavy (non-hydrogen) atoms. The fourth-order valence-corrected chi connectivity index (χ4v) is 5.17. The second-order valence-electron chi connectivity index (χ2n) is 7.91. The van der Waals surface area contributed by atoms with Gasteiger partial charge in [0.1, 0.15) is 12.7 Å². The number of anilines is 1. The second-order valence-corrected chi connectivity index (χ2v) is 9.77. The molecule has 4 rings (SSSR count). The van der Waals surface area contributed by atoms with Crippen LogP contribution < -0.4 is 19.1 Å². The summed E-state index contributed by atoms with van der Waals surface area (Å²) in [5, 5.41) is 2.64. The molecule has 3 aromatic rings. The topological polar surface area (TPSA) is 111 Å². The third-order valence-corrected chi connectivity index (χ3v) is 7.32. The van der Waals surface area contributed by atoms with Crippen molar-refractivity contribution < 1.29 is 32.2 Å². The maximum absolute atomic E-state index is 13.2. The standard InChI is InChI=1S/C26H26N2O7S/c1-2-28(20-10-4-3-5-11-20)36(31,32)22-12-8-9-19(15-22)26(30)34-18-25(29)27-16-21-17-33-23-13-6-7-14-24(23)35-21/h3-15,21H,2,16-18H2,1H3,(H,27,29). The molecule has 188 valence electrons. The smallest absolute Gasteiger partial charge is 0.338 e. The van der Waals surface area contributed by atoms with Crippen molar-refractivity contribution in [3.63, 3.8) is 0 Å². The third-order valence-electron chi connectivity index (χ3n) is 5.42. The van der Waals surface area contributed by atoms with E-state index in [1.807, 2.05) is 12.1 Å². The van der Waals surface area contributed by atoms with Crippen LogP contribution in [0.1, 0.15) is 17.3 Å². The average Bonchev–Trinajstić information content (AvgIpc) is 2.91. The molecule has 1 unspecified atom stereocenters. The van der Waals surface area contributed by atoms with Gasteiger partial charge in [0.15, 0.2) is 18.1 Å². The highest BCUT2D eigenvalue weighted by molar-refractivity contribution is 7.92. The summed E-state index contributed by atoms with van der Waals surface area (Å²) in [4.78, 5) is 24.7. The van der Waals surface area contributed by atoms with Gasteiger partial charge in [-0.05, 0) is 49.4 Å². The molecule has 0 aromatic heterocycles. The molecule has 0 spiro atoms. The van der Waals surface area contributed by atoms with E-state index in [2.05, 4.69) is 5.32 Å². The van der Waals surface area contributed by atoms with Gasteiger partial charge >= 0.3 is 5.97 Å². The largest absolute Gasteiger partial charge is 0.486 e. The molecule has 9 nitrogen and oxygen atoms in total. The fraction of sp³-hybridized carbons (Fsp3) is 0.231. The molecular weight excluding hydrogens is 484 g/mol. The van der Waals surface area contributed by atoms with Crippen LogP contribution in [0.4, 0.5) is 5.69 Å². The van der Waals surface area contributed by atoms with Crippen molar-refractivity contribution in [3.05, 3.63) is 84.4 Å². The molecule has 1 N–H and O–H groups in total. The van der Waals surface area contributed by atoms with Gasteiger partial charge in [-0.2, -0.15) is 0 Å². The molecule has 3 aromatic carbocycles. The number of fused-ring (bicyclic) bond motifs is 1. The summed E-state index contributed by atoms with van der Waals surface area (Å²) in [6, 6.07) is 21.5. The van der Waals surface area contributed by atoms with Crippen molar-refractivity contribution in [2.75, 3.05) is 30.6 Å². The number of hydrogen-bond acceptors (Lipinski definition) is 7. The van der Waals surface area contributed by atoms with Crippen molar-refractivity contribution in [3.8, 4) is 11.5 Å². The maximum atomic E-state index is 13.2. The quantitative estimate of drug-likeness (QED) is 0.441. The molecule has 0 fully saturated rings. The Kier molecular flexibility index (Phi) is 7.74. The van der Waals surface area contributed by atoms with Crippen LogP contribution in [0.15, 0.2) is 83.8 Å². The molecule has 1 atom stereocenters. The summed E-state index contributed by atoms with van der Waals surface area (Å²) in [7, 11) is -3.91. The van der Waals surface area contributed by atoms with Crippen LogP contribution in [0.25, 0.3) is 0 Å². The number of benzene rings is 3. The van der Waals surface area contributed by atoms with Crippen LogP contribution in [0.2, 0.25) is 0 Å². The number of rotatable bonds is 9. The van der Waals surface area contributed by atoms with Crippen LogP contribution in [0.3, 0.4) is 0 Å². The highest BCUT2D eigenvalue weighted by Crippen LogP contribution is 2.30. The van der Waals surface area contributed by atoms with Crippen LogP contribution in [0, 0.1) is 0 Å². The molecule has 1 amide bonds. The number of carbonyl (C=O) groups excluding carboxylic acids is 2. The zero-order valence-corrected chi connectivity index (χ0v) is 20.4. The molecule has 0 saturated carbocycles. The highest BCUT2D eigenvalue weighted by Gasteiger charge is 2.25. The zero-order chi connectivity index (χ0) is 25.5. The summed E-state index contributed by atoms with van der Waals surface area (Å²) < 4.78 is 44.1. The molecule has 1 aliphatic heterocycles. The van der Waals surface area contributed by atoms with Crippen molar-refractivity contribution in [2.45, 2.75) is 17.9 Å². The average molecular weight is 511 g/mol. The SMILES string of the molecule is CCN(c1ccccc1)S(=O)(=O)c1cccc(C(=O)OCC(=O)NCC2COc3ccccc3O2)c1. The van der Waals surface area contributed by atoms with Crippen molar-refractivity contribution in [2.24, 2.45) is 0 Å². The second kappa shape index (κ2) is 11.1. The highest BCUT2D eigenvalue weighted by atomic mass is 32.2. The molecule has 10 heteroatoms. The van der Waals surface area contributed by atoms with Gasteiger partial charge in [-0.1, -0.05) is 36.4 Å². The molecular formula is C26H26N2O7S. The summed E-state index contributed by atoms with van der Waals surface area (Å²) in [5.41, 5.74) is 0.536. The number of nitrogens with zero attached hydrogens (tertiary/aromatic N) is 1. The Morgan fingerprint density at radius 2 is 1.72 bits per heavy atom. The Balaban J connectivity index is 1.33. The van der Waals surface area contributed by atoms with E-state index >= 15 is 0 Å². The van der Waals surface area contributed by atoms with E-state index in [1.165, 1.54) is 28.6 Å². The molecule has 0 radical (unpaired) electrons. The van der Waals surface area contributed by atoms with Crippen LogP contribution >= 0.6 is 0 Å². The number of ether oxygens (including phenoxy) is 3. The lowest BCUT2D eigenvalue weighted by molar-refractivity contribution is -0.124. The minimum atomic E-state index is -3.91. The minimum Gasteiger partial charge on any atom is -0.486 e. The molecule has 0 bridgehead atoms. The first-order chi connectivity index (χ1) is 17.4. The Morgan fingerprint density at radius 1 is 1.00 bits per heavy atom. The van der Waals surface area contributed by atoms with Crippen LogP contribution in [-0.4, -0.2) is 52.7 Å². The fourth-order valence-electron chi connectivity index (χ4n) is 3.65. The Hall–Kier alpha value is -4.05. The number of amides is 1. The van der Waals surface area contributed by atoms with E-state index in [9.17, 15) is 18.0 Å². The van der Waals surface area contributed by atoms with E-state index in [4.69, 9.17) is 14.2 Å². The summed E-state index contributed by atoms with van der Waals surface area (Å²) in [6.07, 6.45) is -0.382. The predicted molar refractivity (Wildman–Crippen MR) is 133 cm³/mol. The Labute approximate surface area is 209 Å². The molecule has 0 saturated heterocycles. The van der Waals surface area contributed by atoms with E-state index in [-0.39, 0.29) is 36.3 Å². The number of para-hydroxylation sites is 3. The number of nitrogens with one attached hydrogen (secondary N) is 1. The van der Waals surface area contributed by atoms with Gasteiger partial charge in [-0.25, -0.2) is 13.2 Å². The lowest BCUT2D eigenvalue weighted by Crippen LogP contribution is -2.42. The summed E-state index contributed by atoms with van der Waals surface area (Å²) in [5.74, 6) is -0.0887. The first kappa shape index (κ1) is 25.1. The monoisotopic (exact) mass is 510 g/mol. The zero-order valence-electron chi connectivity index (χ0n) is 19.6. The van der Waals surface area contributed by atoms with Gasteiger partial charge in [-0.3, -0.25) is 9.10 Å². The van der Waals surface area contributed by atoms with E-state index in [0.717, 1.165) is 0 Å². The summed E-state index contributed by atoms with van der Waals surface area (Å²) in [6.45, 7) is 1.86. The van der Waals surface area contributed by atoms with Gasteiger partial charge in [0.05, 0.1) is 22.7 Å². The first-order valence-electron chi connectivity index (χ1n) is 11.4. The number of carbonyl (C=O) groups is 2. The molecule has 1 aliphatic rings. The molecule has 0 aliphatic carbocycles. The van der Waals surface area contributed by atoms with E-state index < -0.39 is 28.5 Å². The van der Waals surface area contributed by atoms with Gasteiger partial charge in [0, 0.05) is 6.54 Å². The first-order valence-corrected chi connectivity index (χ1v) is 12.8. The number of sulfonamides is 1.